The van der Waals surface area contributed by atoms with E-state index in [0.717, 1.165) is 18.4 Å². The molecular weight excluding hydrogens is 128 g/mol. The monoisotopic (exact) mass is 138 g/mol. The van der Waals surface area contributed by atoms with Gasteiger partial charge in [-0.2, -0.15) is 0 Å². The Labute approximate surface area is 59.5 Å². The maximum atomic E-state index is 9.12. The summed E-state index contributed by atoms with van der Waals surface area (Å²) >= 11 is 0. The van der Waals surface area contributed by atoms with Crippen molar-refractivity contribution in [2.75, 3.05) is 0 Å². The first-order valence-electron chi connectivity index (χ1n) is 3.58. The van der Waals surface area contributed by atoms with Crippen LogP contribution < -0.4 is 0 Å². The van der Waals surface area contributed by atoms with Crippen molar-refractivity contribution in [2.24, 2.45) is 0 Å². The quantitative estimate of drug-likeness (QED) is 0.595. The van der Waals surface area contributed by atoms with Gasteiger partial charge in [-0.1, -0.05) is 6.92 Å². The first-order valence-corrected chi connectivity index (χ1v) is 3.58. The summed E-state index contributed by atoms with van der Waals surface area (Å²) in [6, 6.07) is 0. The van der Waals surface area contributed by atoms with Gasteiger partial charge in [0.25, 0.3) is 5.95 Å². The van der Waals surface area contributed by atoms with Crippen LogP contribution in [0.3, 0.4) is 0 Å². The molecule has 0 amide bonds. The zero-order valence-electron chi connectivity index (χ0n) is 5.92. The second-order valence-electron chi connectivity index (χ2n) is 2.91. The first kappa shape index (κ1) is 5.83. The smallest absolute Gasteiger partial charge is 0.285 e. The molecule has 1 aromatic rings. The minimum Gasteiger partial charge on any atom is -0.481 e. The van der Waals surface area contributed by atoms with Crippen molar-refractivity contribution in [2.45, 2.75) is 25.7 Å². The number of hydrogen-bond donors (Lipinski definition) is 1. The van der Waals surface area contributed by atoms with Gasteiger partial charge >= 0.3 is 0 Å². The zero-order chi connectivity index (χ0) is 7.14. The van der Waals surface area contributed by atoms with Crippen LogP contribution >= 0.6 is 0 Å². The van der Waals surface area contributed by atoms with Crippen molar-refractivity contribution in [3.8, 4) is 5.95 Å². The normalized spacial score (nSPS) is 23.1. The molecule has 0 spiro atoms. The molecule has 2 nitrogen and oxygen atoms in total. The second-order valence-corrected chi connectivity index (χ2v) is 2.91. The fourth-order valence-corrected chi connectivity index (χ4v) is 1.57. The van der Waals surface area contributed by atoms with E-state index in [1.807, 2.05) is 0 Å². The molecule has 2 heteroatoms. The van der Waals surface area contributed by atoms with Crippen molar-refractivity contribution in [1.29, 1.82) is 0 Å². The van der Waals surface area contributed by atoms with E-state index >= 15 is 0 Å². The summed E-state index contributed by atoms with van der Waals surface area (Å²) < 4.78 is 4.86. The Morgan fingerprint density at radius 2 is 2.50 bits per heavy atom. The van der Waals surface area contributed by atoms with Gasteiger partial charge < -0.3 is 9.52 Å². The molecule has 0 saturated heterocycles. The van der Waals surface area contributed by atoms with Crippen molar-refractivity contribution >= 4 is 0 Å². The summed E-state index contributed by atoms with van der Waals surface area (Å²) in [5, 5.41) is 9.12. The highest BCUT2D eigenvalue weighted by atomic mass is 16.5. The fraction of sp³-hybridized carbons (Fsp3) is 0.500. The molecule has 0 radical (unpaired) electrons. The van der Waals surface area contributed by atoms with Crippen LogP contribution in [-0.2, 0) is 6.42 Å². The number of hydrogen-bond acceptors (Lipinski definition) is 2. The van der Waals surface area contributed by atoms with E-state index in [0.29, 0.717) is 5.92 Å². The highest BCUT2D eigenvalue weighted by Crippen LogP contribution is 2.38. The average Bonchev–Trinajstić information content (AvgIpc) is 2.41. The lowest BCUT2D eigenvalue weighted by Gasteiger charge is -1.95. The van der Waals surface area contributed by atoms with Gasteiger partial charge in [0, 0.05) is 11.1 Å². The van der Waals surface area contributed by atoms with Crippen LogP contribution in [0.25, 0.3) is 0 Å². The molecule has 10 heavy (non-hydrogen) atoms. The lowest BCUT2D eigenvalue weighted by molar-refractivity contribution is 0.326. The lowest BCUT2D eigenvalue weighted by Crippen LogP contribution is -1.80. The van der Waals surface area contributed by atoms with Gasteiger partial charge in [0.15, 0.2) is 0 Å². The van der Waals surface area contributed by atoms with Gasteiger partial charge in [-0.3, -0.25) is 0 Å². The molecule has 1 aromatic heterocycles. The molecule has 0 bridgehead atoms. The van der Waals surface area contributed by atoms with E-state index in [4.69, 9.17) is 9.52 Å². The highest BCUT2D eigenvalue weighted by molar-refractivity contribution is 5.37. The van der Waals surface area contributed by atoms with E-state index in [-0.39, 0.29) is 5.95 Å². The van der Waals surface area contributed by atoms with Crippen molar-refractivity contribution < 1.29 is 9.52 Å². The standard InChI is InChI=1S/C8H10O2/c1-5-2-3-6-7(5)4-10-8(6)9/h4-5,9H,2-3H2,1H3/t5-/m1/s1. The lowest BCUT2D eigenvalue weighted by atomic mass is 10.1. The minimum absolute atomic E-state index is 0.124. The maximum absolute atomic E-state index is 9.12. The van der Waals surface area contributed by atoms with Crippen LogP contribution in [0, 0.1) is 0 Å². The molecule has 0 aliphatic heterocycles. The SMILES string of the molecule is C[C@@H]1CCc2c1coc2O. The topological polar surface area (TPSA) is 33.4 Å². The predicted molar refractivity (Wildman–Crippen MR) is 37.1 cm³/mol. The van der Waals surface area contributed by atoms with E-state index in [1.165, 1.54) is 5.56 Å². The Bertz CT molecular complexity index is 250. The third kappa shape index (κ3) is 0.589. The Morgan fingerprint density at radius 3 is 3.20 bits per heavy atom. The van der Waals surface area contributed by atoms with Gasteiger partial charge in [-0.15, -0.1) is 0 Å². The Hall–Kier alpha value is -0.920. The van der Waals surface area contributed by atoms with E-state index < -0.39 is 0 Å². The van der Waals surface area contributed by atoms with Crippen LogP contribution in [0.15, 0.2) is 10.7 Å². The number of furan rings is 1. The highest BCUT2D eigenvalue weighted by Gasteiger charge is 2.24. The van der Waals surface area contributed by atoms with Gasteiger partial charge in [0.2, 0.25) is 0 Å². The summed E-state index contributed by atoms with van der Waals surface area (Å²) in [4.78, 5) is 0. The van der Waals surface area contributed by atoms with Crippen LogP contribution in [0.4, 0.5) is 0 Å². The number of aromatic hydroxyl groups is 1. The molecule has 1 N–H and O–H groups in total. The zero-order valence-corrected chi connectivity index (χ0v) is 5.92. The van der Waals surface area contributed by atoms with Gasteiger partial charge in [0.05, 0.1) is 6.26 Å². The molecule has 1 aliphatic carbocycles. The van der Waals surface area contributed by atoms with Gasteiger partial charge in [-0.25, -0.2) is 0 Å². The third-order valence-electron chi connectivity index (χ3n) is 2.26. The maximum Gasteiger partial charge on any atom is 0.285 e. The fourth-order valence-electron chi connectivity index (χ4n) is 1.57. The molecule has 2 rings (SSSR count). The Morgan fingerprint density at radius 1 is 1.70 bits per heavy atom. The average molecular weight is 138 g/mol. The molecule has 1 heterocycles. The summed E-state index contributed by atoms with van der Waals surface area (Å²) in [5.41, 5.74) is 2.21. The van der Waals surface area contributed by atoms with Crippen LogP contribution in [-0.4, -0.2) is 5.11 Å². The van der Waals surface area contributed by atoms with Crippen molar-refractivity contribution in [3.05, 3.63) is 17.4 Å². The Kier molecular flexibility index (Phi) is 1.04. The first-order chi connectivity index (χ1) is 4.79. The molecule has 0 fully saturated rings. The Balaban J connectivity index is 2.53. The largest absolute Gasteiger partial charge is 0.481 e. The van der Waals surface area contributed by atoms with E-state index in [1.54, 1.807) is 6.26 Å². The van der Waals surface area contributed by atoms with Gasteiger partial charge in [0.1, 0.15) is 0 Å². The summed E-state index contributed by atoms with van der Waals surface area (Å²) in [7, 11) is 0. The minimum atomic E-state index is 0.124. The summed E-state index contributed by atoms with van der Waals surface area (Å²) in [6.45, 7) is 2.15. The van der Waals surface area contributed by atoms with Gasteiger partial charge in [-0.05, 0) is 18.8 Å². The summed E-state index contributed by atoms with van der Waals surface area (Å²) in [5.74, 6) is 0.694. The van der Waals surface area contributed by atoms with E-state index in [9.17, 15) is 0 Å². The second kappa shape index (κ2) is 1.78. The van der Waals surface area contributed by atoms with Crippen molar-refractivity contribution in [3.63, 3.8) is 0 Å². The number of rotatable bonds is 0. The van der Waals surface area contributed by atoms with Crippen LogP contribution in [0.5, 0.6) is 5.95 Å². The van der Waals surface area contributed by atoms with Crippen molar-refractivity contribution in [1.82, 2.24) is 0 Å². The van der Waals surface area contributed by atoms with Crippen LogP contribution in [0.2, 0.25) is 0 Å². The molecule has 0 aromatic carbocycles. The summed E-state index contributed by atoms with van der Waals surface area (Å²) in [6.07, 6.45) is 3.79. The molecule has 0 saturated carbocycles. The molecule has 54 valence electrons. The van der Waals surface area contributed by atoms with Crippen LogP contribution in [0.1, 0.15) is 30.4 Å². The molecular formula is C8H10O2. The van der Waals surface area contributed by atoms with E-state index in [2.05, 4.69) is 6.92 Å². The predicted octanol–water partition coefficient (Wildman–Crippen LogP) is 2.03. The molecule has 0 unspecified atom stereocenters. The third-order valence-corrected chi connectivity index (χ3v) is 2.26. The molecule has 1 aliphatic rings. The molecule has 1 atom stereocenters. The number of fused-ring (bicyclic) bond motifs is 1.